The second-order valence-corrected chi connectivity index (χ2v) is 6.66. The first-order chi connectivity index (χ1) is 12.7. The minimum atomic E-state index is -4.42. The maximum atomic E-state index is 12.8. The van der Waals surface area contributed by atoms with E-state index in [1.54, 1.807) is 4.90 Å². The Bertz CT molecular complexity index is 864. The highest BCUT2D eigenvalue weighted by molar-refractivity contribution is 6.00. The molecule has 27 heavy (non-hydrogen) atoms. The van der Waals surface area contributed by atoms with Gasteiger partial charge in [0, 0.05) is 25.2 Å². The number of carbonyl (C=O) groups excluding carboxylic acids is 2. The number of rotatable bonds is 4. The molecule has 1 aliphatic heterocycles. The Kier molecular flexibility index (Phi) is 5.21. The summed E-state index contributed by atoms with van der Waals surface area (Å²) in [7, 11) is 0. The summed E-state index contributed by atoms with van der Waals surface area (Å²) in [4.78, 5) is 26.2. The molecule has 1 saturated heterocycles. The molecular formula is C20H19F3N2O2. The van der Waals surface area contributed by atoms with Crippen molar-refractivity contribution in [2.24, 2.45) is 5.92 Å². The third-order valence-corrected chi connectivity index (χ3v) is 4.53. The van der Waals surface area contributed by atoms with Gasteiger partial charge < -0.3 is 10.2 Å². The second-order valence-electron chi connectivity index (χ2n) is 6.66. The summed E-state index contributed by atoms with van der Waals surface area (Å²) >= 11 is 0. The number of anilines is 1. The van der Waals surface area contributed by atoms with E-state index in [-0.39, 0.29) is 31.3 Å². The minimum Gasteiger partial charge on any atom is -0.352 e. The predicted octanol–water partition coefficient (Wildman–Crippen LogP) is 3.68. The zero-order chi connectivity index (χ0) is 19.6. The van der Waals surface area contributed by atoms with Crippen molar-refractivity contribution in [2.75, 3.05) is 11.4 Å². The Balaban J connectivity index is 1.62. The van der Waals surface area contributed by atoms with E-state index in [4.69, 9.17) is 0 Å². The van der Waals surface area contributed by atoms with E-state index >= 15 is 0 Å². The van der Waals surface area contributed by atoms with Crippen LogP contribution in [0.3, 0.4) is 0 Å². The molecule has 2 amide bonds. The topological polar surface area (TPSA) is 49.4 Å². The summed E-state index contributed by atoms with van der Waals surface area (Å²) in [6.07, 6.45) is -4.34. The van der Waals surface area contributed by atoms with Crippen molar-refractivity contribution < 1.29 is 22.8 Å². The summed E-state index contributed by atoms with van der Waals surface area (Å²) in [5.74, 6) is -1.00. The lowest BCUT2D eigenvalue weighted by Gasteiger charge is -2.17. The summed E-state index contributed by atoms with van der Waals surface area (Å²) < 4.78 is 38.3. The summed E-state index contributed by atoms with van der Waals surface area (Å²) in [6.45, 7) is 2.16. The van der Waals surface area contributed by atoms with E-state index in [2.05, 4.69) is 5.32 Å². The van der Waals surface area contributed by atoms with Gasteiger partial charge in [-0.05, 0) is 42.3 Å². The lowest BCUT2D eigenvalue weighted by Crippen LogP contribution is -2.32. The number of carbonyl (C=O) groups is 2. The van der Waals surface area contributed by atoms with Crippen LogP contribution in [0.4, 0.5) is 18.9 Å². The fourth-order valence-corrected chi connectivity index (χ4v) is 3.12. The van der Waals surface area contributed by atoms with Crippen LogP contribution >= 0.6 is 0 Å². The van der Waals surface area contributed by atoms with Gasteiger partial charge in [0.2, 0.25) is 11.8 Å². The third kappa shape index (κ3) is 4.48. The van der Waals surface area contributed by atoms with Gasteiger partial charge in [0.1, 0.15) is 0 Å². The number of halogens is 3. The Morgan fingerprint density at radius 2 is 1.93 bits per heavy atom. The lowest BCUT2D eigenvalue weighted by molar-refractivity contribution is -0.137. The molecule has 1 atom stereocenters. The number of hydrogen-bond acceptors (Lipinski definition) is 2. The van der Waals surface area contributed by atoms with E-state index in [1.807, 2.05) is 31.2 Å². The first-order valence-corrected chi connectivity index (χ1v) is 8.55. The van der Waals surface area contributed by atoms with Crippen LogP contribution in [0.25, 0.3) is 0 Å². The number of amides is 2. The molecule has 1 aliphatic rings. The third-order valence-electron chi connectivity index (χ3n) is 4.53. The molecule has 0 aromatic heterocycles. The van der Waals surface area contributed by atoms with Crippen molar-refractivity contribution in [3.63, 3.8) is 0 Å². The molecule has 0 spiro atoms. The van der Waals surface area contributed by atoms with Gasteiger partial charge in [-0.15, -0.1) is 0 Å². The first-order valence-electron chi connectivity index (χ1n) is 8.55. The lowest BCUT2D eigenvalue weighted by atomic mass is 10.1. The monoisotopic (exact) mass is 376 g/mol. The molecule has 1 heterocycles. The van der Waals surface area contributed by atoms with Crippen LogP contribution in [0.15, 0.2) is 48.5 Å². The highest BCUT2D eigenvalue weighted by atomic mass is 19.4. The van der Waals surface area contributed by atoms with Gasteiger partial charge in [-0.1, -0.05) is 24.3 Å². The number of alkyl halides is 3. The van der Waals surface area contributed by atoms with Gasteiger partial charge in [-0.3, -0.25) is 9.59 Å². The van der Waals surface area contributed by atoms with Gasteiger partial charge >= 0.3 is 6.18 Å². The van der Waals surface area contributed by atoms with Crippen LogP contribution in [0.5, 0.6) is 0 Å². The smallest absolute Gasteiger partial charge is 0.352 e. The number of nitrogens with zero attached hydrogens (tertiary/aromatic N) is 1. The van der Waals surface area contributed by atoms with Gasteiger partial charge in [-0.2, -0.15) is 13.2 Å². The van der Waals surface area contributed by atoms with Crippen LogP contribution in [0.1, 0.15) is 23.1 Å². The molecule has 4 nitrogen and oxygen atoms in total. The molecule has 1 N–H and O–H groups in total. The van der Waals surface area contributed by atoms with Crippen molar-refractivity contribution >= 4 is 17.5 Å². The van der Waals surface area contributed by atoms with Gasteiger partial charge in [0.25, 0.3) is 0 Å². The predicted molar refractivity (Wildman–Crippen MR) is 94.9 cm³/mol. The fraction of sp³-hybridized carbons (Fsp3) is 0.300. The molecule has 7 heteroatoms. The standard InChI is InChI=1S/C20H19F3N2O2/c1-13-4-2-7-17(8-13)25-12-15(10-18(25)26)19(27)24-11-14-5-3-6-16(9-14)20(21,22)23/h2-9,15H,10-12H2,1H3,(H,24,27)/t15-/m1/s1. The number of benzene rings is 2. The average molecular weight is 376 g/mol. The van der Waals surface area contributed by atoms with Crippen LogP contribution in [-0.4, -0.2) is 18.4 Å². The molecule has 0 aliphatic carbocycles. The van der Waals surface area contributed by atoms with Crippen LogP contribution in [-0.2, 0) is 22.3 Å². The fourth-order valence-electron chi connectivity index (χ4n) is 3.12. The first kappa shape index (κ1) is 18.9. The van der Waals surface area contributed by atoms with Crippen LogP contribution in [0.2, 0.25) is 0 Å². The minimum absolute atomic E-state index is 0.0160. The van der Waals surface area contributed by atoms with E-state index < -0.39 is 17.7 Å². The SMILES string of the molecule is Cc1cccc(N2C[C@H](C(=O)NCc3cccc(C(F)(F)F)c3)CC2=O)c1. The normalized spacial score (nSPS) is 17.3. The van der Waals surface area contributed by atoms with Crippen molar-refractivity contribution in [1.82, 2.24) is 5.32 Å². The number of hydrogen-bond donors (Lipinski definition) is 1. The molecule has 142 valence electrons. The summed E-state index contributed by atoms with van der Waals surface area (Å²) in [5, 5.41) is 2.64. The van der Waals surface area contributed by atoms with E-state index in [0.717, 1.165) is 23.4 Å². The van der Waals surface area contributed by atoms with Gasteiger partial charge in [-0.25, -0.2) is 0 Å². The molecule has 1 fully saturated rings. The quantitative estimate of drug-likeness (QED) is 0.885. The highest BCUT2D eigenvalue weighted by Crippen LogP contribution is 2.30. The van der Waals surface area contributed by atoms with Crippen LogP contribution in [0, 0.1) is 12.8 Å². The zero-order valence-corrected chi connectivity index (χ0v) is 14.7. The van der Waals surface area contributed by atoms with Crippen LogP contribution < -0.4 is 10.2 Å². The molecule has 0 radical (unpaired) electrons. The Morgan fingerprint density at radius 3 is 2.63 bits per heavy atom. The van der Waals surface area contributed by atoms with E-state index in [1.165, 1.54) is 12.1 Å². The molecule has 2 aromatic rings. The van der Waals surface area contributed by atoms with Crippen molar-refractivity contribution in [3.05, 3.63) is 65.2 Å². The molecule has 0 bridgehead atoms. The van der Waals surface area contributed by atoms with Crippen molar-refractivity contribution in [1.29, 1.82) is 0 Å². The van der Waals surface area contributed by atoms with Crippen molar-refractivity contribution in [3.8, 4) is 0 Å². The number of aryl methyl sites for hydroxylation is 1. The molecular weight excluding hydrogens is 357 g/mol. The maximum absolute atomic E-state index is 12.8. The Morgan fingerprint density at radius 1 is 1.19 bits per heavy atom. The maximum Gasteiger partial charge on any atom is 0.416 e. The Labute approximate surface area is 155 Å². The van der Waals surface area contributed by atoms with E-state index in [9.17, 15) is 22.8 Å². The summed E-state index contributed by atoms with van der Waals surface area (Å²) in [5.41, 5.74) is 1.36. The largest absolute Gasteiger partial charge is 0.416 e. The average Bonchev–Trinajstić information content (AvgIpc) is 3.01. The highest BCUT2D eigenvalue weighted by Gasteiger charge is 2.35. The molecule has 2 aromatic carbocycles. The number of nitrogens with one attached hydrogen (secondary N) is 1. The van der Waals surface area contributed by atoms with Gasteiger partial charge in [0.15, 0.2) is 0 Å². The second kappa shape index (κ2) is 7.42. The molecule has 3 rings (SSSR count). The van der Waals surface area contributed by atoms with Crippen molar-refractivity contribution in [2.45, 2.75) is 26.1 Å². The zero-order valence-electron chi connectivity index (χ0n) is 14.7. The van der Waals surface area contributed by atoms with Gasteiger partial charge in [0.05, 0.1) is 11.5 Å². The van der Waals surface area contributed by atoms with E-state index in [0.29, 0.717) is 5.56 Å². The molecule has 0 saturated carbocycles. The Hall–Kier alpha value is -2.83. The summed E-state index contributed by atoms with van der Waals surface area (Å²) in [6, 6.07) is 12.3. The molecule has 0 unspecified atom stereocenters.